The number of Topliss-reactive ketones (excluding diaryl/α,β-unsaturated/α-hetero) is 2. The highest BCUT2D eigenvalue weighted by molar-refractivity contribution is 6.00. The van der Waals surface area contributed by atoms with Crippen molar-refractivity contribution in [1.29, 1.82) is 0 Å². The molecule has 1 aromatic rings. The fourth-order valence-corrected chi connectivity index (χ4v) is 6.71. The molecule has 156 valence electrons. The number of carbonyl (C=O) groups is 3. The van der Waals surface area contributed by atoms with E-state index in [-0.39, 0.29) is 22.4 Å². The van der Waals surface area contributed by atoms with Gasteiger partial charge in [-0.15, -0.1) is 0 Å². The zero-order valence-corrected chi connectivity index (χ0v) is 17.6. The molecule has 30 heavy (non-hydrogen) atoms. The van der Waals surface area contributed by atoms with Crippen molar-refractivity contribution >= 4 is 17.5 Å². The van der Waals surface area contributed by atoms with Crippen molar-refractivity contribution in [2.45, 2.75) is 52.4 Å². The zero-order valence-electron chi connectivity index (χ0n) is 17.6. The van der Waals surface area contributed by atoms with Crippen LogP contribution in [0.15, 0.2) is 53.8 Å². The van der Waals surface area contributed by atoms with Crippen LogP contribution in [-0.2, 0) is 14.3 Å². The SMILES string of the molecule is CC12CCC3C(C=CC4=C(OC(=O)c5ccccc5)C(=O)CCC43C)C1CCC2=O. The van der Waals surface area contributed by atoms with Crippen LogP contribution in [0.2, 0.25) is 0 Å². The molecule has 0 aliphatic heterocycles. The van der Waals surface area contributed by atoms with Crippen molar-refractivity contribution in [1.82, 2.24) is 0 Å². The molecule has 0 bridgehead atoms. The van der Waals surface area contributed by atoms with E-state index in [1.165, 1.54) is 0 Å². The standard InChI is InChI=1S/C26H28O4/c1-25-15-13-21(27)23(30-24(29)16-6-4-3-5-7-16)20(25)9-8-17-18-10-11-22(28)26(18,2)14-12-19(17)25/h3-9,17-19H,10-15H2,1-2H3. The molecule has 2 saturated carbocycles. The molecular formula is C26H28O4. The average molecular weight is 405 g/mol. The van der Waals surface area contributed by atoms with Gasteiger partial charge in [-0.3, -0.25) is 9.59 Å². The van der Waals surface area contributed by atoms with E-state index in [1.807, 2.05) is 12.1 Å². The molecule has 0 spiro atoms. The second kappa shape index (κ2) is 6.76. The third-order valence-electron chi connectivity index (χ3n) is 8.53. The van der Waals surface area contributed by atoms with E-state index in [9.17, 15) is 14.4 Å². The summed E-state index contributed by atoms with van der Waals surface area (Å²) < 4.78 is 5.71. The number of hydrogen-bond acceptors (Lipinski definition) is 4. The second-order valence-corrected chi connectivity index (χ2v) is 9.91. The van der Waals surface area contributed by atoms with Crippen LogP contribution in [0.4, 0.5) is 0 Å². The fourth-order valence-electron chi connectivity index (χ4n) is 6.71. The van der Waals surface area contributed by atoms with E-state index in [2.05, 4.69) is 19.9 Å². The van der Waals surface area contributed by atoms with Gasteiger partial charge in [0, 0.05) is 29.2 Å². The maximum atomic E-state index is 12.8. The summed E-state index contributed by atoms with van der Waals surface area (Å²) in [6.07, 6.45) is 8.95. The monoisotopic (exact) mass is 404 g/mol. The Hall–Kier alpha value is -2.49. The number of hydrogen-bond donors (Lipinski definition) is 0. The lowest BCUT2D eigenvalue weighted by Gasteiger charge is -2.54. The second-order valence-electron chi connectivity index (χ2n) is 9.91. The number of ether oxygens (including phenoxy) is 1. The maximum Gasteiger partial charge on any atom is 0.343 e. The Kier molecular flexibility index (Phi) is 4.39. The average Bonchev–Trinajstić information content (AvgIpc) is 3.06. The Morgan fingerprint density at radius 2 is 1.70 bits per heavy atom. The summed E-state index contributed by atoms with van der Waals surface area (Å²) in [6, 6.07) is 8.82. The first-order valence-electron chi connectivity index (χ1n) is 11.1. The molecular weight excluding hydrogens is 376 g/mol. The van der Waals surface area contributed by atoms with E-state index in [0.29, 0.717) is 41.9 Å². The molecule has 0 aromatic heterocycles. The van der Waals surface area contributed by atoms with Crippen LogP contribution in [0.5, 0.6) is 0 Å². The highest BCUT2D eigenvalue weighted by Gasteiger charge is 2.58. The Bertz CT molecular complexity index is 988. The van der Waals surface area contributed by atoms with Gasteiger partial charge in [0.15, 0.2) is 11.5 Å². The third-order valence-corrected chi connectivity index (χ3v) is 8.53. The van der Waals surface area contributed by atoms with E-state index < -0.39 is 5.97 Å². The topological polar surface area (TPSA) is 60.4 Å². The molecule has 4 aliphatic rings. The van der Waals surface area contributed by atoms with E-state index in [0.717, 1.165) is 31.3 Å². The Morgan fingerprint density at radius 1 is 0.967 bits per heavy atom. The molecule has 0 saturated heterocycles. The fraction of sp³-hybridized carbons (Fsp3) is 0.500. The number of benzene rings is 1. The van der Waals surface area contributed by atoms with Crippen LogP contribution in [0.3, 0.4) is 0 Å². The summed E-state index contributed by atoms with van der Waals surface area (Å²) in [5.74, 6) is 1.18. The van der Waals surface area contributed by atoms with Gasteiger partial charge in [0.2, 0.25) is 0 Å². The van der Waals surface area contributed by atoms with Crippen LogP contribution in [0, 0.1) is 28.6 Å². The summed E-state index contributed by atoms with van der Waals surface area (Å²) in [5.41, 5.74) is 0.918. The first-order chi connectivity index (χ1) is 14.3. The van der Waals surface area contributed by atoms with Gasteiger partial charge in [-0.2, -0.15) is 0 Å². The number of esters is 1. The smallest absolute Gasteiger partial charge is 0.343 e. The predicted octanol–water partition coefficient (Wildman–Crippen LogP) is 5.05. The molecule has 5 atom stereocenters. The molecule has 5 unspecified atom stereocenters. The Labute approximate surface area is 177 Å². The number of ketones is 2. The summed E-state index contributed by atoms with van der Waals surface area (Å²) in [6.45, 7) is 4.38. The van der Waals surface area contributed by atoms with Crippen molar-refractivity contribution < 1.29 is 19.1 Å². The van der Waals surface area contributed by atoms with Crippen molar-refractivity contribution in [3.05, 3.63) is 59.4 Å². The van der Waals surface area contributed by atoms with Crippen LogP contribution in [0.25, 0.3) is 0 Å². The van der Waals surface area contributed by atoms with Crippen LogP contribution >= 0.6 is 0 Å². The quantitative estimate of drug-likeness (QED) is 0.647. The highest BCUT2D eigenvalue weighted by atomic mass is 16.5. The van der Waals surface area contributed by atoms with Gasteiger partial charge in [0.25, 0.3) is 0 Å². The van der Waals surface area contributed by atoms with E-state index >= 15 is 0 Å². The first-order valence-corrected chi connectivity index (χ1v) is 11.1. The first kappa shape index (κ1) is 19.5. The van der Waals surface area contributed by atoms with E-state index in [1.54, 1.807) is 24.3 Å². The predicted molar refractivity (Wildman–Crippen MR) is 112 cm³/mol. The maximum absolute atomic E-state index is 12.8. The van der Waals surface area contributed by atoms with Crippen molar-refractivity contribution in [2.24, 2.45) is 28.6 Å². The van der Waals surface area contributed by atoms with Crippen LogP contribution in [0.1, 0.15) is 62.7 Å². The number of allylic oxidation sites excluding steroid dienone is 4. The third kappa shape index (κ3) is 2.69. The Balaban J connectivity index is 1.53. The Morgan fingerprint density at radius 3 is 2.47 bits per heavy atom. The molecule has 0 amide bonds. The lowest BCUT2D eigenvalue weighted by molar-refractivity contribution is -0.130. The van der Waals surface area contributed by atoms with Gasteiger partial charge in [0.05, 0.1) is 5.56 Å². The summed E-state index contributed by atoms with van der Waals surface area (Å²) in [5, 5.41) is 0. The molecule has 0 heterocycles. The molecule has 0 radical (unpaired) electrons. The summed E-state index contributed by atoms with van der Waals surface area (Å²) >= 11 is 0. The lowest BCUT2D eigenvalue weighted by atomic mass is 9.49. The van der Waals surface area contributed by atoms with Gasteiger partial charge in [-0.1, -0.05) is 44.2 Å². The minimum atomic E-state index is -0.483. The van der Waals surface area contributed by atoms with Crippen molar-refractivity contribution in [2.75, 3.05) is 0 Å². The molecule has 4 nitrogen and oxygen atoms in total. The zero-order chi connectivity index (χ0) is 21.1. The van der Waals surface area contributed by atoms with Gasteiger partial charge < -0.3 is 4.74 Å². The molecule has 5 rings (SSSR count). The largest absolute Gasteiger partial charge is 0.419 e. The van der Waals surface area contributed by atoms with Crippen molar-refractivity contribution in [3.8, 4) is 0 Å². The lowest BCUT2D eigenvalue weighted by Crippen LogP contribution is -2.49. The van der Waals surface area contributed by atoms with Gasteiger partial charge in [0.1, 0.15) is 5.78 Å². The van der Waals surface area contributed by atoms with Crippen LogP contribution < -0.4 is 0 Å². The summed E-state index contributed by atoms with van der Waals surface area (Å²) in [4.78, 5) is 38.0. The van der Waals surface area contributed by atoms with Gasteiger partial charge in [-0.05, 0) is 55.6 Å². The number of rotatable bonds is 2. The van der Waals surface area contributed by atoms with Gasteiger partial charge >= 0.3 is 5.97 Å². The number of carbonyl (C=O) groups excluding carboxylic acids is 3. The highest BCUT2D eigenvalue weighted by Crippen LogP contribution is 2.63. The van der Waals surface area contributed by atoms with Crippen molar-refractivity contribution in [3.63, 3.8) is 0 Å². The molecule has 1 aromatic carbocycles. The number of fused-ring (bicyclic) bond motifs is 5. The molecule has 4 aliphatic carbocycles. The minimum Gasteiger partial charge on any atom is -0.419 e. The molecule has 4 heteroatoms. The van der Waals surface area contributed by atoms with Crippen LogP contribution in [-0.4, -0.2) is 17.5 Å². The summed E-state index contributed by atoms with van der Waals surface area (Å²) in [7, 11) is 0. The molecule has 0 N–H and O–H groups in total. The molecule has 2 fully saturated rings. The van der Waals surface area contributed by atoms with E-state index in [4.69, 9.17) is 4.74 Å². The minimum absolute atomic E-state index is 0.0912. The normalized spacial score (nSPS) is 37.5. The van der Waals surface area contributed by atoms with Gasteiger partial charge in [-0.25, -0.2) is 4.79 Å².